The van der Waals surface area contributed by atoms with E-state index in [2.05, 4.69) is 6.07 Å². The molecular formula is C8H8OS3. The van der Waals surface area contributed by atoms with Gasteiger partial charge < -0.3 is 0 Å². The summed E-state index contributed by atoms with van der Waals surface area (Å²) >= 11 is 5.57. The zero-order valence-electron chi connectivity index (χ0n) is 6.36. The maximum atomic E-state index is 10.4. The summed E-state index contributed by atoms with van der Waals surface area (Å²) in [5.74, 6) is 2.48. The van der Waals surface area contributed by atoms with Gasteiger partial charge in [0.25, 0.3) is 0 Å². The van der Waals surface area contributed by atoms with E-state index in [1.54, 1.807) is 11.3 Å². The highest BCUT2D eigenvalue weighted by atomic mass is 32.2. The van der Waals surface area contributed by atoms with Crippen LogP contribution in [0.25, 0.3) is 0 Å². The fourth-order valence-electron chi connectivity index (χ4n) is 1.08. The van der Waals surface area contributed by atoms with Gasteiger partial charge in [0, 0.05) is 16.4 Å². The van der Waals surface area contributed by atoms with Crippen molar-refractivity contribution in [1.29, 1.82) is 0 Å². The minimum absolute atomic E-state index is 0.587. The molecule has 0 aliphatic carbocycles. The topological polar surface area (TPSA) is 17.1 Å². The van der Waals surface area contributed by atoms with E-state index in [1.165, 1.54) is 16.4 Å². The van der Waals surface area contributed by atoms with E-state index in [4.69, 9.17) is 0 Å². The van der Waals surface area contributed by atoms with Crippen molar-refractivity contribution in [3.05, 3.63) is 21.9 Å². The van der Waals surface area contributed by atoms with Crippen molar-refractivity contribution in [2.45, 2.75) is 4.58 Å². The molecule has 1 nitrogen and oxygen atoms in total. The zero-order chi connectivity index (χ0) is 8.39. The Bertz CT molecular complexity index is 276. The highest BCUT2D eigenvalue weighted by Gasteiger charge is 2.19. The van der Waals surface area contributed by atoms with Gasteiger partial charge in [-0.25, -0.2) is 0 Å². The summed E-state index contributed by atoms with van der Waals surface area (Å²) in [5.41, 5.74) is 0. The molecule has 2 heterocycles. The Morgan fingerprint density at radius 2 is 2.08 bits per heavy atom. The van der Waals surface area contributed by atoms with E-state index in [0.29, 0.717) is 4.58 Å². The summed E-state index contributed by atoms with van der Waals surface area (Å²) < 4.78 is 0.587. The molecule has 1 aromatic heterocycles. The molecule has 0 atom stereocenters. The van der Waals surface area contributed by atoms with Crippen LogP contribution in [0.15, 0.2) is 12.1 Å². The smallest absolute Gasteiger partial charge is 0.160 e. The van der Waals surface area contributed by atoms with Crippen molar-refractivity contribution in [3.8, 4) is 0 Å². The van der Waals surface area contributed by atoms with Crippen molar-refractivity contribution in [1.82, 2.24) is 0 Å². The third-order valence-electron chi connectivity index (χ3n) is 1.62. The molecule has 64 valence electrons. The molecule has 0 saturated carbocycles. The lowest BCUT2D eigenvalue weighted by molar-refractivity contribution is 0.112. The van der Waals surface area contributed by atoms with Crippen LogP contribution in [0.2, 0.25) is 0 Å². The molecule has 1 aromatic rings. The lowest BCUT2D eigenvalue weighted by atomic mass is 10.4. The van der Waals surface area contributed by atoms with E-state index in [9.17, 15) is 4.79 Å². The molecule has 0 N–H and O–H groups in total. The summed E-state index contributed by atoms with van der Waals surface area (Å²) in [4.78, 5) is 12.6. The highest BCUT2D eigenvalue weighted by Crippen LogP contribution is 2.47. The maximum absolute atomic E-state index is 10.4. The fraction of sp³-hybridized carbons (Fsp3) is 0.375. The van der Waals surface area contributed by atoms with Crippen molar-refractivity contribution in [2.75, 3.05) is 11.5 Å². The van der Waals surface area contributed by atoms with Crippen LogP contribution < -0.4 is 0 Å². The Balaban J connectivity index is 2.16. The molecule has 2 rings (SSSR count). The van der Waals surface area contributed by atoms with Crippen molar-refractivity contribution in [3.63, 3.8) is 0 Å². The Morgan fingerprint density at radius 3 is 2.67 bits per heavy atom. The molecule has 0 aromatic carbocycles. The number of thioether (sulfide) groups is 2. The molecule has 0 spiro atoms. The number of carbonyl (C=O) groups excluding carboxylic acids is 1. The van der Waals surface area contributed by atoms with Gasteiger partial charge in [0.15, 0.2) is 6.29 Å². The largest absolute Gasteiger partial charge is 0.297 e. The first-order chi connectivity index (χ1) is 5.90. The average molecular weight is 216 g/mol. The first-order valence-corrected chi connectivity index (χ1v) is 6.59. The standard InChI is InChI=1S/C8H8OS3/c9-5-6-1-2-7(12-6)8-10-3-4-11-8/h1-2,5,8H,3-4H2. The molecule has 0 radical (unpaired) electrons. The van der Waals surface area contributed by atoms with Crippen LogP contribution in [0.4, 0.5) is 0 Å². The second-order valence-electron chi connectivity index (χ2n) is 2.43. The minimum atomic E-state index is 0.587. The molecule has 1 aliphatic rings. The summed E-state index contributed by atoms with van der Waals surface area (Å²) in [5, 5.41) is 0. The highest BCUT2D eigenvalue weighted by molar-refractivity contribution is 8.19. The first kappa shape index (κ1) is 8.66. The molecular weight excluding hydrogens is 208 g/mol. The van der Waals surface area contributed by atoms with Gasteiger partial charge in [-0.15, -0.1) is 34.9 Å². The number of thiophene rings is 1. The molecule has 1 saturated heterocycles. The van der Waals surface area contributed by atoms with Crippen LogP contribution in [0, 0.1) is 0 Å². The second kappa shape index (κ2) is 3.85. The predicted octanol–water partition coefficient (Wildman–Crippen LogP) is 3.04. The number of hydrogen-bond donors (Lipinski definition) is 0. The van der Waals surface area contributed by atoms with Gasteiger partial charge in [-0.3, -0.25) is 4.79 Å². The second-order valence-corrected chi connectivity index (χ2v) is 6.30. The predicted molar refractivity (Wildman–Crippen MR) is 57.4 cm³/mol. The lowest BCUT2D eigenvalue weighted by Crippen LogP contribution is -1.75. The number of aldehydes is 1. The first-order valence-electron chi connectivity index (χ1n) is 3.68. The van der Waals surface area contributed by atoms with E-state index >= 15 is 0 Å². The Labute approximate surface area is 83.9 Å². The third kappa shape index (κ3) is 1.70. The fourth-order valence-corrected chi connectivity index (χ4v) is 5.11. The van der Waals surface area contributed by atoms with Gasteiger partial charge >= 0.3 is 0 Å². The van der Waals surface area contributed by atoms with Crippen molar-refractivity contribution < 1.29 is 4.79 Å². The van der Waals surface area contributed by atoms with Crippen molar-refractivity contribution in [2.24, 2.45) is 0 Å². The molecule has 4 heteroatoms. The van der Waals surface area contributed by atoms with Gasteiger partial charge in [0.2, 0.25) is 0 Å². The Hall–Kier alpha value is 0.0700. The van der Waals surface area contributed by atoms with Gasteiger partial charge in [0.1, 0.15) is 0 Å². The van der Waals surface area contributed by atoms with Gasteiger partial charge in [-0.05, 0) is 12.1 Å². The van der Waals surface area contributed by atoms with E-state index in [-0.39, 0.29) is 0 Å². The number of carbonyl (C=O) groups is 1. The Kier molecular flexibility index (Phi) is 2.78. The SMILES string of the molecule is O=Cc1ccc(C2SCCS2)s1. The Morgan fingerprint density at radius 1 is 1.33 bits per heavy atom. The van der Waals surface area contributed by atoms with Crippen LogP contribution in [-0.4, -0.2) is 17.8 Å². The van der Waals surface area contributed by atoms with E-state index < -0.39 is 0 Å². The summed E-state index contributed by atoms with van der Waals surface area (Å²) in [6.45, 7) is 0. The normalized spacial score (nSPS) is 18.3. The van der Waals surface area contributed by atoms with Gasteiger partial charge in [-0.1, -0.05) is 0 Å². The van der Waals surface area contributed by atoms with Crippen LogP contribution in [0.1, 0.15) is 19.1 Å². The van der Waals surface area contributed by atoms with E-state index in [0.717, 1.165) is 11.2 Å². The molecule has 1 aliphatic heterocycles. The molecule has 1 fully saturated rings. The van der Waals surface area contributed by atoms with Gasteiger partial charge in [-0.2, -0.15) is 0 Å². The van der Waals surface area contributed by atoms with Crippen LogP contribution >= 0.6 is 34.9 Å². The summed E-state index contributed by atoms with van der Waals surface area (Å²) in [6.07, 6.45) is 0.929. The molecule has 0 amide bonds. The number of rotatable bonds is 2. The summed E-state index contributed by atoms with van der Waals surface area (Å²) in [6, 6.07) is 3.98. The summed E-state index contributed by atoms with van der Waals surface area (Å²) in [7, 11) is 0. The average Bonchev–Trinajstić information content (AvgIpc) is 2.75. The van der Waals surface area contributed by atoms with Crippen LogP contribution in [-0.2, 0) is 0 Å². The molecule has 0 unspecified atom stereocenters. The van der Waals surface area contributed by atoms with Gasteiger partial charge in [0.05, 0.1) is 9.46 Å². The third-order valence-corrected chi connectivity index (χ3v) is 6.06. The van der Waals surface area contributed by atoms with Crippen LogP contribution in [0.5, 0.6) is 0 Å². The maximum Gasteiger partial charge on any atom is 0.160 e. The number of hydrogen-bond acceptors (Lipinski definition) is 4. The molecule has 0 bridgehead atoms. The van der Waals surface area contributed by atoms with E-state index in [1.807, 2.05) is 29.6 Å². The minimum Gasteiger partial charge on any atom is -0.297 e. The van der Waals surface area contributed by atoms with Crippen molar-refractivity contribution >= 4 is 41.1 Å². The quantitative estimate of drug-likeness (QED) is 0.707. The van der Waals surface area contributed by atoms with Crippen LogP contribution in [0.3, 0.4) is 0 Å². The zero-order valence-corrected chi connectivity index (χ0v) is 8.81. The molecule has 12 heavy (non-hydrogen) atoms. The lowest BCUT2D eigenvalue weighted by Gasteiger charge is -2.02. The monoisotopic (exact) mass is 216 g/mol.